The minimum Gasteiger partial charge on any atom is -0.492 e. The Morgan fingerprint density at radius 2 is 1.86 bits per heavy atom. The predicted molar refractivity (Wildman–Crippen MR) is 119 cm³/mol. The summed E-state index contributed by atoms with van der Waals surface area (Å²) in [5.74, 6) is 0.793. The molecule has 0 atom stereocenters. The second-order valence-corrected chi connectivity index (χ2v) is 8.53. The van der Waals surface area contributed by atoms with Gasteiger partial charge < -0.3 is 4.74 Å². The van der Waals surface area contributed by atoms with Crippen molar-refractivity contribution in [1.82, 2.24) is 18.9 Å². The Morgan fingerprint density at radius 1 is 1.07 bits per heavy atom. The molecule has 0 fully saturated rings. The summed E-state index contributed by atoms with van der Waals surface area (Å²) >= 11 is 8.87. The van der Waals surface area contributed by atoms with Gasteiger partial charge in [-0.15, -0.1) is 0 Å². The smallest absolute Gasteiger partial charge is 0.176 e. The van der Waals surface area contributed by atoms with Gasteiger partial charge in [0.25, 0.3) is 0 Å². The lowest BCUT2D eigenvalue weighted by atomic mass is 10.3. The molecule has 2 aromatic carbocycles. The van der Waals surface area contributed by atoms with Crippen LogP contribution in [-0.4, -0.2) is 31.8 Å². The van der Waals surface area contributed by atoms with E-state index in [-0.39, 0.29) is 0 Å². The monoisotopic (exact) mass is 424 g/mol. The predicted octanol–water partition coefficient (Wildman–Crippen LogP) is 5.74. The average molecular weight is 425 g/mol. The van der Waals surface area contributed by atoms with Crippen LogP contribution in [0.2, 0.25) is 0 Å². The Bertz CT molecular complexity index is 1400. The van der Waals surface area contributed by atoms with Crippen LogP contribution in [0.5, 0.6) is 5.75 Å². The molecular weight excluding hydrogens is 408 g/mol. The Labute approximate surface area is 174 Å². The highest BCUT2D eigenvalue weighted by atomic mass is 32.2. The van der Waals surface area contributed by atoms with Gasteiger partial charge >= 0.3 is 0 Å². The summed E-state index contributed by atoms with van der Waals surface area (Å²) in [5, 5.41) is 0.881. The van der Waals surface area contributed by atoms with Gasteiger partial charge in [0.15, 0.2) is 20.4 Å². The molecule has 0 aliphatic carbocycles. The van der Waals surface area contributed by atoms with Gasteiger partial charge in [0.2, 0.25) is 0 Å². The standard InChI is InChI=1S/C20H16N4OS3/c1-3-25-15-11-7-6-10-14(15)24-18-16(28-20(24)26)17-21-12-8-4-5-9-13(12)23(17)19(22-18)27-2/h4-11H,3H2,1-2H3. The van der Waals surface area contributed by atoms with Crippen molar-refractivity contribution in [1.29, 1.82) is 0 Å². The lowest BCUT2D eigenvalue weighted by Gasteiger charge is -2.12. The first kappa shape index (κ1) is 17.7. The number of rotatable bonds is 4. The summed E-state index contributed by atoms with van der Waals surface area (Å²) in [4.78, 5) is 9.87. The van der Waals surface area contributed by atoms with Crippen LogP contribution >= 0.6 is 35.3 Å². The molecule has 0 bridgehead atoms. The largest absolute Gasteiger partial charge is 0.492 e. The van der Waals surface area contributed by atoms with Crippen molar-refractivity contribution in [3.63, 3.8) is 0 Å². The van der Waals surface area contributed by atoms with E-state index < -0.39 is 0 Å². The topological polar surface area (TPSA) is 44.4 Å². The summed E-state index contributed by atoms with van der Waals surface area (Å²) in [6, 6.07) is 16.1. The molecule has 3 aromatic heterocycles. The summed E-state index contributed by atoms with van der Waals surface area (Å²) in [6.07, 6.45) is 2.03. The number of hydrogen-bond acceptors (Lipinski definition) is 6. The van der Waals surface area contributed by atoms with E-state index in [0.717, 1.165) is 47.6 Å². The van der Waals surface area contributed by atoms with E-state index in [0.29, 0.717) is 6.61 Å². The first-order valence-corrected chi connectivity index (χ1v) is 11.3. The van der Waals surface area contributed by atoms with Gasteiger partial charge in [-0.3, -0.25) is 8.97 Å². The minimum atomic E-state index is 0.589. The quantitative estimate of drug-likeness (QED) is 0.209. The maximum absolute atomic E-state index is 5.84. The number of fused-ring (bicyclic) bond motifs is 5. The van der Waals surface area contributed by atoms with E-state index >= 15 is 0 Å². The summed E-state index contributed by atoms with van der Waals surface area (Å²) < 4.78 is 11.7. The van der Waals surface area contributed by atoms with Gasteiger partial charge in [-0.25, -0.2) is 9.97 Å². The number of ether oxygens (including phenoxy) is 1. The van der Waals surface area contributed by atoms with Crippen molar-refractivity contribution in [2.75, 3.05) is 12.9 Å². The van der Waals surface area contributed by atoms with Crippen LogP contribution in [0.4, 0.5) is 0 Å². The van der Waals surface area contributed by atoms with Crippen molar-refractivity contribution >= 4 is 62.3 Å². The van der Waals surface area contributed by atoms with E-state index in [9.17, 15) is 0 Å². The van der Waals surface area contributed by atoms with E-state index in [2.05, 4.69) is 10.5 Å². The van der Waals surface area contributed by atoms with E-state index in [1.807, 2.05) is 60.2 Å². The first-order valence-electron chi connectivity index (χ1n) is 8.82. The van der Waals surface area contributed by atoms with Crippen LogP contribution in [0.1, 0.15) is 6.92 Å². The molecule has 0 aliphatic heterocycles. The first-order chi connectivity index (χ1) is 13.7. The van der Waals surface area contributed by atoms with Gasteiger partial charge in [-0.2, -0.15) is 0 Å². The second-order valence-electron chi connectivity index (χ2n) is 6.11. The number of nitrogens with zero attached hydrogens (tertiary/aromatic N) is 4. The SMILES string of the molecule is CCOc1ccccc1-n1c(=S)sc2c1nc(SC)n1c3ccccc3nc21. The van der Waals surface area contributed by atoms with Crippen LogP contribution in [0.25, 0.3) is 32.7 Å². The molecule has 0 aliphatic rings. The van der Waals surface area contributed by atoms with Crippen LogP contribution in [-0.2, 0) is 0 Å². The molecule has 5 aromatic rings. The fourth-order valence-corrected chi connectivity index (χ4v) is 5.28. The third-order valence-corrected chi connectivity index (χ3v) is 6.53. The Kier molecular flexibility index (Phi) is 4.34. The highest BCUT2D eigenvalue weighted by molar-refractivity contribution is 7.98. The number of benzene rings is 2. The van der Waals surface area contributed by atoms with E-state index in [4.69, 9.17) is 26.9 Å². The third kappa shape index (κ3) is 2.56. The van der Waals surface area contributed by atoms with Crippen LogP contribution < -0.4 is 4.74 Å². The molecule has 0 spiro atoms. The third-order valence-electron chi connectivity index (χ3n) is 4.53. The molecule has 5 rings (SSSR count). The number of imidazole rings is 1. The fraction of sp³-hybridized carbons (Fsp3) is 0.150. The normalized spacial score (nSPS) is 11.6. The van der Waals surface area contributed by atoms with Gasteiger partial charge in [-0.1, -0.05) is 47.4 Å². The molecule has 140 valence electrons. The zero-order valence-corrected chi connectivity index (χ0v) is 17.7. The Morgan fingerprint density at radius 3 is 2.68 bits per heavy atom. The van der Waals surface area contributed by atoms with Crippen molar-refractivity contribution in [3.05, 3.63) is 52.5 Å². The highest BCUT2D eigenvalue weighted by Crippen LogP contribution is 2.35. The van der Waals surface area contributed by atoms with E-state index in [1.54, 1.807) is 11.8 Å². The van der Waals surface area contributed by atoms with E-state index in [1.165, 1.54) is 11.3 Å². The number of thioether (sulfide) groups is 1. The summed E-state index contributed by atoms with van der Waals surface area (Å²) in [5.41, 5.74) is 4.61. The van der Waals surface area contributed by atoms with Crippen molar-refractivity contribution < 1.29 is 4.74 Å². The second kappa shape index (κ2) is 6.88. The number of para-hydroxylation sites is 4. The van der Waals surface area contributed by atoms with Crippen molar-refractivity contribution in [3.8, 4) is 11.4 Å². The molecule has 28 heavy (non-hydrogen) atoms. The summed E-state index contributed by atoms with van der Waals surface area (Å²) in [6.45, 7) is 2.57. The van der Waals surface area contributed by atoms with Crippen molar-refractivity contribution in [2.24, 2.45) is 0 Å². The molecule has 0 saturated heterocycles. The summed E-state index contributed by atoms with van der Waals surface area (Å²) in [7, 11) is 0. The van der Waals surface area contributed by atoms with Gasteiger partial charge in [0, 0.05) is 0 Å². The lowest BCUT2D eigenvalue weighted by Crippen LogP contribution is -2.03. The fourth-order valence-electron chi connectivity index (χ4n) is 3.39. The number of aromatic nitrogens is 4. The molecule has 0 unspecified atom stereocenters. The molecular formula is C20H16N4OS3. The lowest BCUT2D eigenvalue weighted by molar-refractivity contribution is 0.339. The van der Waals surface area contributed by atoms with Crippen molar-refractivity contribution in [2.45, 2.75) is 12.1 Å². The molecule has 8 heteroatoms. The average Bonchev–Trinajstić information content (AvgIpc) is 3.25. The Hall–Kier alpha value is -2.42. The zero-order chi connectivity index (χ0) is 19.3. The number of thiazole rings is 1. The van der Waals surface area contributed by atoms with Gasteiger partial charge in [-0.05, 0) is 49.7 Å². The molecule has 0 saturated carbocycles. The Balaban J connectivity index is 1.93. The molecule has 0 amide bonds. The molecule has 0 radical (unpaired) electrons. The number of hydrogen-bond donors (Lipinski definition) is 0. The van der Waals surface area contributed by atoms with Crippen LogP contribution in [0, 0.1) is 3.95 Å². The zero-order valence-electron chi connectivity index (χ0n) is 15.2. The highest BCUT2D eigenvalue weighted by Gasteiger charge is 2.20. The molecule has 5 nitrogen and oxygen atoms in total. The van der Waals surface area contributed by atoms with Gasteiger partial charge in [0.05, 0.1) is 23.3 Å². The molecule has 0 N–H and O–H groups in total. The maximum Gasteiger partial charge on any atom is 0.176 e. The van der Waals surface area contributed by atoms with Crippen LogP contribution in [0.3, 0.4) is 0 Å². The maximum atomic E-state index is 5.84. The van der Waals surface area contributed by atoms with Gasteiger partial charge in [0.1, 0.15) is 10.4 Å². The molecule has 3 heterocycles. The van der Waals surface area contributed by atoms with Crippen LogP contribution in [0.15, 0.2) is 53.7 Å². The minimum absolute atomic E-state index is 0.589.